The average molecular weight is 372 g/mol. The van der Waals surface area contributed by atoms with Gasteiger partial charge in [0.05, 0.1) is 12.7 Å². The monoisotopic (exact) mass is 371 g/mol. The van der Waals surface area contributed by atoms with Crippen molar-refractivity contribution in [1.82, 2.24) is 15.6 Å². The summed E-state index contributed by atoms with van der Waals surface area (Å²) in [5, 5.41) is 6.59. The van der Waals surface area contributed by atoms with Gasteiger partial charge in [-0.05, 0) is 25.0 Å². The molecule has 27 heavy (non-hydrogen) atoms. The Morgan fingerprint density at radius 1 is 1.15 bits per heavy atom. The van der Waals surface area contributed by atoms with Crippen molar-refractivity contribution in [2.75, 3.05) is 32.1 Å². The van der Waals surface area contributed by atoms with Crippen molar-refractivity contribution >= 4 is 11.6 Å². The van der Waals surface area contributed by atoms with Gasteiger partial charge in [0.1, 0.15) is 5.76 Å². The summed E-state index contributed by atoms with van der Waals surface area (Å²) in [6, 6.07) is 10.5. The number of aliphatic imine (C=N–C) groups is 1. The fourth-order valence-electron chi connectivity index (χ4n) is 2.61. The maximum atomic E-state index is 5.79. The first-order valence-electron chi connectivity index (χ1n) is 9.56. The van der Waals surface area contributed by atoms with Gasteiger partial charge in [-0.3, -0.25) is 4.99 Å². The molecule has 6 nitrogen and oxygen atoms in total. The molecule has 0 radical (unpaired) electrons. The van der Waals surface area contributed by atoms with Gasteiger partial charge in [-0.1, -0.05) is 39.0 Å². The molecule has 0 spiro atoms. The molecular formula is C21H33N5O. The van der Waals surface area contributed by atoms with Crippen LogP contribution < -0.4 is 15.5 Å². The number of unbranched alkanes of at least 4 members (excludes halogenated alkanes) is 1. The lowest BCUT2D eigenvalue weighted by Crippen LogP contribution is -2.37. The summed E-state index contributed by atoms with van der Waals surface area (Å²) in [7, 11) is 3.90. The number of aromatic nitrogens is 1. The standard InChI is InChI=1S/C21H33N5O/c1-21(2,3)18-15-24-19(27-18)16-25-20(22-4)23-13-9-10-14-26(5)17-11-7-6-8-12-17/h6-8,11-12,15H,9-10,13-14,16H2,1-5H3,(H2,22,23,25). The Morgan fingerprint density at radius 2 is 1.89 bits per heavy atom. The van der Waals surface area contributed by atoms with Crippen molar-refractivity contribution in [3.05, 3.63) is 48.2 Å². The SMILES string of the molecule is CN=C(NCCCCN(C)c1ccccc1)NCc1ncc(C(C)(C)C)o1. The van der Waals surface area contributed by atoms with E-state index < -0.39 is 0 Å². The smallest absolute Gasteiger partial charge is 0.213 e. The van der Waals surface area contributed by atoms with Crippen LogP contribution in [0.4, 0.5) is 5.69 Å². The molecule has 2 rings (SSSR count). The summed E-state index contributed by atoms with van der Waals surface area (Å²) in [5.41, 5.74) is 1.22. The molecular weight excluding hydrogens is 338 g/mol. The lowest BCUT2D eigenvalue weighted by molar-refractivity contribution is 0.379. The Kier molecular flexibility index (Phi) is 7.70. The molecule has 0 bridgehead atoms. The van der Waals surface area contributed by atoms with Gasteiger partial charge < -0.3 is 20.0 Å². The number of nitrogens with zero attached hydrogens (tertiary/aromatic N) is 3. The molecule has 0 aliphatic carbocycles. The van der Waals surface area contributed by atoms with Crippen LogP contribution in [0.2, 0.25) is 0 Å². The topological polar surface area (TPSA) is 65.7 Å². The number of nitrogens with one attached hydrogen (secondary N) is 2. The van der Waals surface area contributed by atoms with Crippen molar-refractivity contribution in [1.29, 1.82) is 0 Å². The van der Waals surface area contributed by atoms with Gasteiger partial charge in [0.2, 0.25) is 5.89 Å². The minimum absolute atomic E-state index is 0.0297. The molecule has 6 heteroatoms. The summed E-state index contributed by atoms with van der Waals surface area (Å²) in [5.74, 6) is 2.33. The number of oxazole rings is 1. The summed E-state index contributed by atoms with van der Waals surface area (Å²) >= 11 is 0. The van der Waals surface area contributed by atoms with Crippen molar-refractivity contribution in [3.8, 4) is 0 Å². The Labute approximate surface area is 163 Å². The summed E-state index contributed by atoms with van der Waals surface area (Å²) < 4.78 is 5.79. The van der Waals surface area contributed by atoms with Crippen LogP contribution >= 0.6 is 0 Å². The zero-order chi connectivity index (χ0) is 19.7. The molecule has 0 unspecified atom stereocenters. The van der Waals surface area contributed by atoms with Gasteiger partial charge in [-0.15, -0.1) is 0 Å². The van der Waals surface area contributed by atoms with Crippen molar-refractivity contribution in [3.63, 3.8) is 0 Å². The molecule has 0 atom stereocenters. The first kappa shape index (κ1) is 20.8. The number of guanidine groups is 1. The second-order valence-corrected chi connectivity index (χ2v) is 7.69. The number of benzene rings is 1. The molecule has 1 aromatic carbocycles. The molecule has 148 valence electrons. The molecule has 2 N–H and O–H groups in total. The van der Waals surface area contributed by atoms with Crippen LogP contribution in [0, 0.1) is 0 Å². The van der Waals surface area contributed by atoms with E-state index in [1.165, 1.54) is 5.69 Å². The average Bonchev–Trinajstić information content (AvgIpc) is 3.14. The molecule has 0 aliphatic rings. The van der Waals surface area contributed by atoms with Crippen LogP contribution in [0.5, 0.6) is 0 Å². The highest BCUT2D eigenvalue weighted by atomic mass is 16.4. The molecule has 1 heterocycles. The van der Waals surface area contributed by atoms with Gasteiger partial charge in [-0.2, -0.15) is 0 Å². The molecule has 0 fully saturated rings. The van der Waals surface area contributed by atoms with Crippen LogP contribution in [0.3, 0.4) is 0 Å². The lowest BCUT2D eigenvalue weighted by Gasteiger charge is -2.19. The third kappa shape index (κ3) is 6.96. The van der Waals surface area contributed by atoms with Gasteiger partial charge in [0.15, 0.2) is 5.96 Å². The summed E-state index contributed by atoms with van der Waals surface area (Å²) in [6.07, 6.45) is 3.99. The highest BCUT2D eigenvalue weighted by molar-refractivity contribution is 5.79. The zero-order valence-corrected chi connectivity index (χ0v) is 17.2. The lowest BCUT2D eigenvalue weighted by atomic mass is 9.94. The minimum Gasteiger partial charge on any atom is -0.443 e. The summed E-state index contributed by atoms with van der Waals surface area (Å²) in [6.45, 7) is 8.76. The number of anilines is 1. The predicted molar refractivity (Wildman–Crippen MR) is 112 cm³/mol. The van der Waals surface area contributed by atoms with Crippen molar-refractivity contribution in [2.45, 2.75) is 45.6 Å². The third-order valence-electron chi connectivity index (χ3n) is 4.33. The molecule has 2 aromatic rings. The number of hydrogen-bond acceptors (Lipinski definition) is 4. The van der Waals surface area contributed by atoms with Crippen molar-refractivity contribution < 1.29 is 4.42 Å². The van der Waals surface area contributed by atoms with E-state index in [1.807, 2.05) is 6.07 Å². The van der Waals surface area contributed by atoms with Crippen LogP contribution in [0.1, 0.15) is 45.3 Å². The van der Waals surface area contributed by atoms with Gasteiger partial charge in [0.25, 0.3) is 0 Å². The quantitative estimate of drug-likeness (QED) is 0.422. The Morgan fingerprint density at radius 3 is 2.52 bits per heavy atom. The van der Waals surface area contributed by atoms with E-state index >= 15 is 0 Å². The zero-order valence-electron chi connectivity index (χ0n) is 17.2. The number of rotatable bonds is 8. The Hall–Kier alpha value is -2.50. The van der Waals surface area contributed by atoms with E-state index in [9.17, 15) is 0 Å². The van der Waals surface area contributed by atoms with Gasteiger partial charge in [0, 0.05) is 38.3 Å². The van der Waals surface area contributed by atoms with Crippen LogP contribution in [0.15, 0.2) is 45.9 Å². The van der Waals surface area contributed by atoms with Crippen molar-refractivity contribution in [2.24, 2.45) is 4.99 Å². The Bertz CT molecular complexity index is 703. The molecule has 0 saturated carbocycles. The van der Waals surface area contributed by atoms with E-state index in [-0.39, 0.29) is 5.41 Å². The first-order valence-corrected chi connectivity index (χ1v) is 9.56. The van der Waals surface area contributed by atoms with E-state index in [1.54, 1.807) is 13.2 Å². The largest absolute Gasteiger partial charge is 0.443 e. The first-order chi connectivity index (χ1) is 12.9. The molecule has 0 amide bonds. The fraction of sp³-hybridized carbons (Fsp3) is 0.524. The van der Waals surface area contributed by atoms with E-state index in [0.717, 1.165) is 37.7 Å². The molecule has 0 aliphatic heterocycles. The van der Waals surface area contributed by atoms with Crippen LogP contribution in [0.25, 0.3) is 0 Å². The van der Waals surface area contributed by atoms with Crippen LogP contribution in [-0.2, 0) is 12.0 Å². The van der Waals surface area contributed by atoms with Crippen LogP contribution in [-0.4, -0.2) is 38.1 Å². The van der Waals surface area contributed by atoms with E-state index in [4.69, 9.17) is 4.42 Å². The fourth-order valence-corrected chi connectivity index (χ4v) is 2.61. The van der Waals surface area contributed by atoms with Gasteiger partial charge in [-0.25, -0.2) is 4.98 Å². The van der Waals surface area contributed by atoms with E-state index in [2.05, 4.69) is 77.6 Å². The second kappa shape index (κ2) is 10.00. The third-order valence-corrected chi connectivity index (χ3v) is 4.33. The Balaban J connectivity index is 1.65. The highest BCUT2D eigenvalue weighted by Gasteiger charge is 2.19. The number of hydrogen-bond donors (Lipinski definition) is 2. The molecule has 0 saturated heterocycles. The second-order valence-electron chi connectivity index (χ2n) is 7.69. The highest BCUT2D eigenvalue weighted by Crippen LogP contribution is 2.22. The van der Waals surface area contributed by atoms with Gasteiger partial charge >= 0.3 is 0 Å². The minimum atomic E-state index is -0.0297. The maximum absolute atomic E-state index is 5.79. The summed E-state index contributed by atoms with van der Waals surface area (Å²) in [4.78, 5) is 10.9. The predicted octanol–water partition coefficient (Wildman–Crippen LogP) is 3.55. The normalized spacial score (nSPS) is 12.1. The van der Waals surface area contributed by atoms with E-state index in [0.29, 0.717) is 12.4 Å². The molecule has 1 aromatic heterocycles. The number of para-hydroxylation sites is 1. The maximum Gasteiger partial charge on any atom is 0.213 e.